The first-order valence-electron chi connectivity index (χ1n) is 8.93. The molecule has 1 saturated heterocycles. The third-order valence-electron chi connectivity index (χ3n) is 4.62. The highest BCUT2D eigenvalue weighted by atomic mass is 32.1. The van der Waals surface area contributed by atoms with Crippen LogP contribution >= 0.6 is 11.3 Å². The van der Waals surface area contributed by atoms with Crippen LogP contribution < -0.4 is 10.6 Å². The Hall–Kier alpha value is -2.71. The van der Waals surface area contributed by atoms with Crippen LogP contribution in [0.15, 0.2) is 24.3 Å². The van der Waals surface area contributed by atoms with Gasteiger partial charge in [0.25, 0.3) is 11.8 Å². The first-order chi connectivity index (χ1) is 13.4. The van der Waals surface area contributed by atoms with Gasteiger partial charge in [-0.3, -0.25) is 9.59 Å². The second-order valence-corrected chi connectivity index (χ2v) is 7.73. The summed E-state index contributed by atoms with van der Waals surface area (Å²) >= 11 is 1.32. The van der Waals surface area contributed by atoms with Crippen molar-refractivity contribution < 1.29 is 23.9 Å². The molecule has 1 aliphatic heterocycles. The summed E-state index contributed by atoms with van der Waals surface area (Å²) in [7, 11) is 1.31. The van der Waals surface area contributed by atoms with Gasteiger partial charge in [-0.15, -0.1) is 11.3 Å². The average Bonchev–Trinajstić information content (AvgIpc) is 3.31. The predicted octanol–water partition coefficient (Wildman–Crippen LogP) is 3.52. The number of hydrogen-bond donors (Lipinski definition) is 2. The molecule has 7 nitrogen and oxygen atoms in total. The van der Waals surface area contributed by atoms with E-state index >= 15 is 0 Å². The number of rotatable bonds is 5. The van der Waals surface area contributed by atoms with Gasteiger partial charge in [-0.1, -0.05) is 6.07 Å². The minimum atomic E-state index is -0.491. The van der Waals surface area contributed by atoms with E-state index in [1.807, 2.05) is 13.8 Å². The number of carbonyl (C=O) groups excluding carboxylic acids is 3. The summed E-state index contributed by atoms with van der Waals surface area (Å²) in [5.74, 6) is -1.08. The SMILES string of the molecule is COC(=O)c1c(NC(=O)c2cccc(NC(=O)C3CCCO3)c2)sc(C)c1C. The molecule has 0 radical (unpaired) electrons. The Bertz CT molecular complexity index is 915. The molecule has 1 aliphatic rings. The second-order valence-electron chi connectivity index (χ2n) is 6.50. The molecule has 1 aromatic carbocycles. The average molecular weight is 402 g/mol. The summed E-state index contributed by atoms with van der Waals surface area (Å²) in [6, 6.07) is 6.63. The van der Waals surface area contributed by atoms with Crippen LogP contribution in [0.4, 0.5) is 10.7 Å². The summed E-state index contributed by atoms with van der Waals surface area (Å²) in [4.78, 5) is 37.9. The molecule has 148 valence electrons. The normalized spacial score (nSPS) is 15.9. The van der Waals surface area contributed by atoms with Crippen LogP contribution in [0.3, 0.4) is 0 Å². The maximum absolute atomic E-state index is 12.7. The van der Waals surface area contributed by atoms with Gasteiger partial charge in [0.1, 0.15) is 11.1 Å². The molecule has 2 aromatic rings. The number of thiophene rings is 1. The van der Waals surface area contributed by atoms with E-state index in [-0.39, 0.29) is 11.8 Å². The van der Waals surface area contributed by atoms with Crippen molar-refractivity contribution in [3.05, 3.63) is 45.8 Å². The maximum Gasteiger partial charge on any atom is 0.341 e. The van der Waals surface area contributed by atoms with Crippen molar-refractivity contribution in [1.29, 1.82) is 0 Å². The quantitative estimate of drug-likeness (QED) is 0.747. The van der Waals surface area contributed by atoms with Crippen LogP contribution in [0.1, 0.15) is 44.0 Å². The number of ether oxygens (including phenoxy) is 2. The summed E-state index contributed by atoms with van der Waals surface area (Å²) in [6.07, 6.45) is 1.11. The molecule has 0 aliphatic carbocycles. The third-order valence-corrected chi connectivity index (χ3v) is 5.74. The summed E-state index contributed by atoms with van der Waals surface area (Å²) in [6.45, 7) is 4.28. The van der Waals surface area contributed by atoms with Crippen molar-refractivity contribution in [3.63, 3.8) is 0 Å². The van der Waals surface area contributed by atoms with E-state index < -0.39 is 12.1 Å². The van der Waals surface area contributed by atoms with Crippen LogP contribution in [0, 0.1) is 13.8 Å². The Labute approximate surface area is 167 Å². The molecule has 0 bridgehead atoms. The maximum atomic E-state index is 12.7. The number of aryl methyl sites for hydroxylation is 1. The van der Waals surface area contributed by atoms with E-state index in [9.17, 15) is 14.4 Å². The molecule has 28 heavy (non-hydrogen) atoms. The van der Waals surface area contributed by atoms with Crippen molar-refractivity contribution >= 4 is 39.8 Å². The Kier molecular flexibility index (Phi) is 6.11. The van der Waals surface area contributed by atoms with Gasteiger partial charge in [-0.05, 0) is 50.5 Å². The molecule has 2 N–H and O–H groups in total. The number of methoxy groups -OCH3 is 1. The van der Waals surface area contributed by atoms with Gasteiger partial charge < -0.3 is 20.1 Å². The standard InChI is InChI=1S/C20H22N2O5S/c1-11-12(2)28-19(16(11)20(25)26-3)22-17(23)13-6-4-7-14(10-13)21-18(24)15-8-5-9-27-15/h4,6-7,10,15H,5,8-9H2,1-3H3,(H,21,24)(H,22,23). The Morgan fingerprint density at radius 3 is 2.68 bits per heavy atom. The molecule has 1 fully saturated rings. The third kappa shape index (κ3) is 4.23. The fourth-order valence-corrected chi connectivity index (χ4v) is 4.03. The van der Waals surface area contributed by atoms with Gasteiger partial charge in [0.2, 0.25) is 0 Å². The Morgan fingerprint density at radius 2 is 2.00 bits per heavy atom. The van der Waals surface area contributed by atoms with Crippen molar-refractivity contribution in [2.45, 2.75) is 32.8 Å². The molecule has 1 atom stereocenters. The summed E-state index contributed by atoms with van der Waals surface area (Å²) in [5, 5.41) is 6.01. The van der Waals surface area contributed by atoms with E-state index in [1.165, 1.54) is 18.4 Å². The zero-order chi connectivity index (χ0) is 20.3. The zero-order valence-electron chi connectivity index (χ0n) is 16.0. The number of hydrogen-bond acceptors (Lipinski definition) is 6. The Balaban J connectivity index is 1.76. The number of benzene rings is 1. The van der Waals surface area contributed by atoms with Crippen molar-refractivity contribution in [2.75, 3.05) is 24.4 Å². The number of carbonyl (C=O) groups is 3. The highest BCUT2D eigenvalue weighted by Gasteiger charge is 2.24. The van der Waals surface area contributed by atoms with Gasteiger partial charge in [0.15, 0.2) is 0 Å². The molecular formula is C20H22N2O5S. The molecule has 0 saturated carbocycles. The molecule has 2 amide bonds. The first kappa shape index (κ1) is 20.0. The lowest BCUT2D eigenvalue weighted by atomic mass is 10.1. The highest BCUT2D eigenvalue weighted by molar-refractivity contribution is 7.16. The van der Waals surface area contributed by atoms with Crippen LogP contribution in [0.25, 0.3) is 0 Å². The molecule has 2 heterocycles. The monoisotopic (exact) mass is 402 g/mol. The predicted molar refractivity (Wildman–Crippen MR) is 107 cm³/mol. The molecule has 8 heteroatoms. The van der Waals surface area contributed by atoms with E-state index in [0.717, 1.165) is 16.9 Å². The molecule has 0 spiro atoms. The van der Waals surface area contributed by atoms with Crippen molar-refractivity contribution in [2.24, 2.45) is 0 Å². The fraction of sp³-hybridized carbons (Fsp3) is 0.350. The molecule has 1 aromatic heterocycles. The lowest BCUT2D eigenvalue weighted by molar-refractivity contribution is -0.124. The fourth-order valence-electron chi connectivity index (χ4n) is 2.98. The van der Waals surface area contributed by atoms with Gasteiger partial charge >= 0.3 is 5.97 Å². The minimum Gasteiger partial charge on any atom is -0.465 e. The van der Waals surface area contributed by atoms with E-state index in [1.54, 1.807) is 24.3 Å². The zero-order valence-corrected chi connectivity index (χ0v) is 16.8. The summed E-state index contributed by atoms with van der Waals surface area (Å²) < 4.78 is 10.2. The molecule has 3 rings (SSSR count). The van der Waals surface area contributed by atoms with Crippen molar-refractivity contribution in [1.82, 2.24) is 0 Å². The number of esters is 1. The number of anilines is 2. The molecular weight excluding hydrogens is 380 g/mol. The van der Waals surface area contributed by atoms with Gasteiger partial charge in [0.05, 0.1) is 12.7 Å². The van der Waals surface area contributed by atoms with Gasteiger partial charge in [-0.2, -0.15) is 0 Å². The van der Waals surface area contributed by atoms with E-state index in [2.05, 4.69) is 10.6 Å². The largest absolute Gasteiger partial charge is 0.465 e. The topological polar surface area (TPSA) is 93.7 Å². The van der Waals surface area contributed by atoms with Crippen LogP contribution in [-0.2, 0) is 14.3 Å². The van der Waals surface area contributed by atoms with E-state index in [0.29, 0.717) is 34.8 Å². The van der Waals surface area contributed by atoms with Gasteiger partial charge in [-0.25, -0.2) is 4.79 Å². The lowest BCUT2D eigenvalue weighted by Crippen LogP contribution is -2.27. The second kappa shape index (κ2) is 8.53. The smallest absolute Gasteiger partial charge is 0.341 e. The number of amides is 2. The van der Waals surface area contributed by atoms with Crippen LogP contribution in [0.2, 0.25) is 0 Å². The highest BCUT2D eigenvalue weighted by Crippen LogP contribution is 2.33. The van der Waals surface area contributed by atoms with Gasteiger partial charge in [0, 0.05) is 22.7 Å². The van der Waals surface area contributed by atoms with Crippen molar-refractivity contribution in [3.8, 4) is 0 Å². The lowest BCUT2D eigenvalue weighted by Gasteiger charge is -2.11. The minimum absolute atomic E-state index is 0.215. The van der Waals surface area contributed by atoms with E-state index in [4.69, 9.17) is 9.47 Å². The summed E-state index contributed by atoms with van der Waals surface area (Å²) in [5.41, 5.74) is 2.02. The van der Waals surface area contributed by atoms with Crippen LogP contribution in [-0.4, -0.2) is 37.6 Å². The Morgan fingerprint density at radius 1 is 1.21 bits per heavy atom. The van der Waals surface area contributed by atoms with Crippen LogP contribution in [0.5, 0.6) is 0 Å². The first-order valence-corrected chi connectivity index (χ1v) is 9.74. The molecule has 1 unspecified atom stereocenters. The number of nitrogens with one attached hydrogen (secondary N) is 2.